The smallest absolute Gasteiger partial charge is 0.266 e. The molecule has 0 aliphatic carbocycles. The molecule has 0 bridgehead atoms. The van der Waals surface area contributed by atoms with Crippen LogP contribution in [-0.2, 0) is 5.75 Å². The molecule has 7 heteroatoms. The quantitative estimate of drug-likeness (QED) is 0.262. The molecule has 0 aliphatic heterocycles. The summed E-state index contributed by atoms with van der Waals surface area (Å²) >= 11 is 1.31. The van der Waals surface area contributed by atoms with E-state index in [4.69, 9.17) is 11.6 Å². The molecule has 2 rings (SSSR count). The van der Waals surface area contributed by atoms with E-state index in [-0.39, 0.29) is 5.82 Å². The van der Waals surface area contributed by atoms with Gasteiger partial charge in [0, 0.05) is 22.5 Å². The largest absolute Gasteiger partial charge is 0.399 e. The van der Waals surface area contributed by atoms with Crippen LogP contribution in [0.4, 0.5) is 10.1 Å². The summed E-state index contributed by atoms with van der Waals surface area (Å²) in [5.74, 6) is 4.76. The van der Waals surface area contributed by atoms with E-state index in [0.717, 1.165) is 5.69 Å². The fraction of sp³-hybridized carbons (Fsp3) is 0.0769. The summed E-state index contributed by atoms with van der Waals surface area (Å²) in [5, 5.41) is 0. The molecule has 0 aliphatic rings. The van der Waals surface area contributed by atoms with Crippen LogP contribution in [0.1, 0.15) is 16.1 Å². The van der Waals surface area contributed by atoms with Gasteiger partial charge in [0.1, 0.15) is 5.82 Å². The fourth-order valence-electron chi connectivity index (χ4n) is 1.51. The standard InChI is InChI=1S/C13H13FN4OS/c14-11-5-9(15)2-4-12(11)20-7-10-3-1-8(6-17-10)13(19)18-16/h1-6H,7,15-16H2,(H,18,19). The van der Waals surface area contributed by atoms with Gasteiger partial charge in [-0.3, -0.25) is 15.2 Å². The molecule has 104 valence electrons. The molecule has 20 heavy (non-hydrogen) atoms. The van der Waals surface area contributed by atoms with E-state index in [9.17, 15) is 9.18 Å². The highest BCUT2D eigenvalue weighted by atomic mass is 32.2. The van der Waals surface area contributed by atoms with Crippen molar-refractivity contribution in [3.05, 3.63) is 53.6 Å². The predicted octanol–water partition coefficient (Wildman–Crippen LogP) is 1.70. The van der Waals surface area contributed by atoms with Gasteiger partial charge in [-0.25, -0.2) is 10.2 Å². The number of hydrazine groups is 1. The molecule has 5 N–H and O–H groups in total. The number of hydrogen-bond donors (Lipinski definition) is 3. The van der Waals surface area contributed by atoms with Crippen LogP contribution in [-0.4, -0.2) is 10.9 Å². The van der Waals surface area contributed by atoms with Gasteiger partial charge < -0.3 is 5.73 Å². The van der Waals surface area contributed by atoms with E-state index in [0.29, 0.717) is 21.9 Å². The molecule has 0 atom stereocenters. The number of amides is 1. The van der Waals surface area contributed by atoms with Gasteiger partial charge in [0.05, 0.1) is 11.3 Å². The number of nitrogens with zero attached hydrogens (tertiary/aromatic N) is 1. The Hall–Kier alpha value is -2.12. The number of nitrogens with two attached hydrogens (primary N) is 2. The number of nitrogen functional groups attached to an aromatic ring is 2. The molecule has 2 aromatic rings. The minimum Gasteiger partial charge on any atom is -0.399 e. The van der Waals surface area contributed by atoms with E-state index >= 15 is 0 Å². The minimum absolute atomic E-state index is 0.353. The predicted molar refractivity (Wildman–Crippen MR) is 76.3 cm³/mol. The summed E-state index contributed by atoms with van der Waals surface area (Å²) in [6, 6.07) is 7.88. The number of pyridine rings is 1. The van der Waals surface area contributed by atoms with Crippen LogP contribution in [0.3, 0.4) is 0 Å². The Bertz CT molecular complexity index is 618. The Morgan fingerprint density at radius 3 is 2.75 bits per heavy atom. The second kappa shape index (κ2) is 6.36. The molecule has 1 heterocycles. The number of benzene rings is 1. The number of rotatable bonds is 4. The third kappa shape index (κ3) is 3.46. The second-order valence-electron chi connectivity index (χ2n) is 3.99. The van der Waals surface area contributed by atoms with Crippen LogP contribution in [0.5, 0.6) is 0 Å². The van der Waals surface area contributed by atoms with E-state index in [1.54, 1.807) is 24.3 Å². The van der Waals surface area contributed by atoms with Gasteiger partial charge in [0.25, 0.3) is 5.91 Å². The first-order valence-corrected chi connectivity index (χ1v) is 6.72. The van der Waals surface area contributed by atoms with E-state index < -0.39 is 5.91 Å². The molecule has 0 saturated carbocycles. The number of carbonyl (C=O) groups excluding carboxylic acids is 1. The Kier molecular flexibility index (Phi) is 4.54. The van der Waals surface area contributed by atoms with Crippen molar-refractivity contribution in [1.82, 2.24) is 10.4 Å². The highest BCUT2D eigenvalue weighted by Gasteiger charge is 2.06. The van der Waals surface area contributed by atoms with Gasteiger partial charge >= 0.3 is 0 Å². The van der Waals surface area contributed by atoms with Crippen molar-refractivity contribution < 1.29 is 9.18 Å². The van der Waals surface area contributed by atoms with Crippen molar-refractivity contribution in [1.29, 1.82) is 0 Å². The zero-order valence-electron chi connectivity index (χ0n) is 10.5. The molecule has 0 spiro atoms. The molecular weight excluding hydrogens is 279 g/mol. The van der Waals surface area contributed by atoms with Crippen molar-refractivity contribution in [2.24, 2.45) is 5.84 Å². The van der Waals surface area contributed by atoms with Crippen LogP contribution in [0.25, 0.3) is 0 Å². The average Bonchev–Trinajstić information content (AvgIpc) is 2.46. The van der Waals surface area contributed by atoms with Crippen LogP contribution >= 0.6 is 11.8 Å². The highest BCUT2D eigenvalue weighted by molar-refractivity contribution is 7.98. The maximum atomic E-state index is 13.6. The second-order valence-corrected chi connectivity index (χ2v) is 5.01. The van der Waals surface area contributed by atoms with Crippen molar-refractivity contribution in [3.63, 3.8) is 0 Å². The lowest BCUT2D eigenvalue weighted by Crippen LogP contribution is -2.30. The first-order valence-electron chi connectivity index (χ1n) is 5.74. The summed E-state index contributed by atoms with van der Waals surface area (Å²) in [5.41, 5.74) is 9.01. The molecular formula is C13H13FN4OS. The molecule has 0 radical (unpaired) electrons. The fourth-order valence-corrected chi connectivity index (χ4v) is 2.35. The SMILES string of the molecule is NNC(=O)c1ccc(CSc2ccc(N)cc2F)nc1. The highest BCUT2D eigenvalue weighted by Crippen LogP contribution is 2.26. The van der Waals surface area contributed by atoms with Crippen molar-refractivity contribution in [3.8, 4) is 0 Å². The van der Waals surface area contributed by atoms with Crippen LogP contribution < -0.4 is 17.0 Å². The van der Waals surface area contributed by atoms with Crippen LogP contribution in [0.15, 0.2) is 41.4 Å². The average molecular weight is 292 g/mol. The number of carbonyl (C=O) groups is 1. The molecule has 1 amide bonds. The van der Waals surface area contributed by atoms with Gasteiger partial charge in [-0.1, -0.05) is 0 Å². The first kappa shape index (κ1) is 14.3. The molecule has 0 fully saturated rings. The van der Waals surface area contributed by atoms with Crippen molar-refractivity contribution in [2.45, 2.75) is 10.6 Å². The maximum absolute atomic E-state index is 13.6. The molecule has 5 nitrogen and oxygen atoms in total. The topological polar surface area (TPSA) is 94.0 Å². The Labute approximate surface area is 119 Å². The lowest BCUT2D eigenvalue weighted by atomic mass is 10.2. The minimum atomic E-state index is -0.402. The van der Waals surface area contributed by atoms with E-state index in [1.807, 2.05) is 5.43 Å². The Balaban J connectivity index is 2.02. The van der Waals surface area contributed by atoms with Crippen LogP contribution in [0.2, 0.25) is 0 Å². The van der Waals surface area contributed by atoms with Gasteiger partial charge in [-0.2, -0.15) is 0 Å². The molecule has 1 aromatic heterocycles. The van der Waals surface area contributed by atoms with Crippen LogP contribution in [0, 0.1) is 5.82 Å². The van der Waals surface area contributed by atoms with Gasteiger partial charge in [0.2, 0.25) is 0 Å². The number of anilines is 1. The third-order valence-electron chi connectivity index (χ3n) is 2.55. The number of halogens is 1. The van der Waals surface area contributed by atoms with Gasteiger partial charge in [-0.05, 0) is 30.3 Å². The number of aromatic nitrogens is 1. The number of hydrogen-bond acceptors (Lipinski definition) is 5. The van der Waals surface area contributed by atoms with E-state index in [2.05, 4.69) is 4.98 Å². The molecule has 0 unspecified atom stereocenters. The summed E-state index contributed by atoms with van der Waals surface area (Å²) in [6.07, 6.45) is 1.43. The van der Waals surface area contributed by atoms with Gasteiger partial charge in [0.15, 0.2) is 0 Å². The lowest BCUT2D eigenvalue weighted by molar-refractivity contribution is 0.0953. The zero-order chi connectivity index (χ0) is 14.5. The third-order valence-corrected chi connectivity index (χ3v) is 3.63. The molecule has 0 saturated heterocycles. The Morgan fingerprint density at radius 1 is 1.35 bits per heavy atom. The zero-order valence-corrected chi connectivity index (χ0v) is 11.3. The summed E-state index contributed by atoms with van der Waals surface area (Å²) < 4.78 is 13.6. The lowest BCUT2D eigenvalue weighted by Gasteiger charge is -2.05. The Morgan fingerprint density at radius 2 is 2.15 bits per heavy atom. The molecule has 1 aromatic carbocycles. The van der Waals surface area contributed by atoms with Gasteiger partial charge in [-0.15, -0.1) is 11.8 Å². The normalized spacial score (nSPS) is 10.3. The summed E-state index contributed by atoms with van der Waals surface area (Å²) in [7, 11) is 0. The van der Waals surface area contributed by atoms with E-state index in [1.165, 1.54) is 24.0 Å². The number of thioether (sulfide) groups is 1. The monoisotopic (exact) mass is 292 g/mol. The van der Waals surface area contributed by atoms with Crippen molar-refractivity contribution >= 4 is 23.4 Å². The summed E-state index contributed by atoms with van der Waals surface area (Å²) in [6.45, 7) is 0. The summed E-state index contributed by atoms with van der Waals surface area (Å²) in [4.78, 5) is 15.9. The van der Waals surface area contributed by atoms with Crippen molar-refractivity contribution in [2.75, 3.05) is 5.73 Å². The number of nitrogens with one attached hydrogen (secondary N) is 1. The first-order chi connectivity index (χ1) is 9.60. The maximum Gasteiger partial charge on any atom is 0.266 e.